The molecule has 0 radical (unpaired) electrons. The van der Waals surface area contributed by atoms with E-state index in [1.54, 1.807) is 12.5 Å². The number of aliphatic carboxylic acids is 1. The predicted molar refractivity (Wildman–Crippen MR) is 99.6 cm³/mol. The minimum Gasteiger partial charge on any atom is -0.481 e. The van der Waals surface area contributed by atoms with Crippen molar-refractivity contribution in [3.05, 3.63) is 58.7 Å². The summed E-state index contributed by atoms with van der Waals surface area (Å²) in [5, 5.41) is 10.7. The summed E-state index contributed by atoms with van der Waals surface area (Å²) in [4.78, 5) is 21.1. The Morgan fingerprint density at radius 1 is 1.20 bits per heavy atom. The van der Waals surface area contributed by atoms with Gasteiger partial charge in [0.2, 0.25) is 0 Å². The van der Waals surface area contributed by atoms with Crippen LogP contribution in [0.4, 0.5) is 0 Å². The molecule has 0 amide bonds. The predicted octanol–water partition coefficient (Wildman–Crippen LogP) is 5.03. The first-order chi connectivity index (χ1) is 12.2. The number of benzene rings is 1. The molecule has 3 aromatic heterocycles. The molecule has 124 valence electrons. The van der Waals surface area contributed by atoms with Crippen molar-refractivity contribution in [2.45, 2.75) is 6.42 Å². The van der Waals surface area contributed by atoms with Crippen LogP contribution in [0.15, 0.2) is 53.3 Å². The van der Waals surface area contributed by atoms with E-state index in [9.17, 15) is 9.90 Å². The number of fused-ring (bicyclic) bond motifs is 1. The highest BCUT2D eigenvalue weighted by atomic mass is 32.1. The Labute approximate surface area is 150 Å². The number of carboxylic acid groups (broad SMARTS) is 1. The Hall–Kier alpha value is -2.77. The summed E-state index contributed by atoms with van der Waals surface area (Å²) in [6.07, 6.45) is 5.07. The molecule has 0 bridgehead atoms. The lowest BCUT2D eigenvalue weighted by Gasteiger charge is -1.99. The average Bonchev–Trinajstić information content (AvgIpc) is 3.33. The van der Waals surface area contributed by atoms with Crippen LogP contribution < -0.4 is 0 Å². The van der Waals surface area contributed by atoms with Crippen molar-refractivity contribution in [2.24, 2.45) is 0 Å². The molecule has 4 rings (SSSR count). The van der Waals surface area contributed by atoms with E-state index in [0.29, 0.717) is 11.3 Å². The molecule has 4 aromatic rings. The maximum absolute atomic E-state index is 11.3. The van der Waals surface area contributed by atoms with Gasteiger partial charge >= 0.3 is 5.97 Å². The summed E-state index contributed by atoms with van der Waals surface area (Å²) in [5.74, 6) is -0.189. The second-order valence-corrected chi connectivity index (χ2v) is 7.36. The Bertz CT molecular complexity index is 1030. The lowest BCUT2D eigenvalue weighted by molar-refractivity contribution is -0.135. The molecule has 0 aliphatic rings. The molecule has 25 heavy (non-hydrogen) atoms. The molecule has 0 saturated carbocycles. The third kappa shape index (κ3) is 3.38. The van der Waals surface area contributed by atoms with Crippen LogP contribution in [0.1, 0.15) is 16.3 Å². The molecule has 0 spiro atoms. The van der Waals surface area contributed by atoms with Crippen LogP contribution in [0.25, 0.3) is 32.6 Å². The largest absolute Gasteiger partial charge is 0.481 e. The Kier molecular flexibility index (Phi) is 4.17. The van der Waals surface area contributed by atoms with E-state index in [0.717, 1.165) is 25.1 Å². The smallest absolute Gasteiger partial charge is 0.307 e. The van der Waals surface area contributed by atoms with E-state index in [1.165, 1.54) is 22.7 Å². The van der Waals surface area contributed by atoms with Gasteiger partial charge in [-0.1, -0.05) is 12.1 Å². The van der Waals surface area contributed by atoms with Crippen LogP contribution >= 0.6 is 22.7 Å². The fourth-order valence-corrected chi connectivity index (χ4v) is 4.23. The number of nitrogens with zero attached hydrogens (tertiary/aromatic N) is 2. The number of hydrogen-bond donors (Lipinski definition) is 1. The molecule has 7 heteroatoms. The van der Waals surface area contributed by atoms with Crippen LogP contribution in [-0.4, -0.2) is 21.0 Å². The van der Waals surface area contributed by atoms with Gasteiger partial charge in [-0.15, -0.1) is 22.7 Å². The van der Waals surface area contributed by atoms with Gasteiger partial charge in [-0.25, -0.2) is 9.97 Å². The molecule has 1 N–H and O–H groups in total. The standard InChI is InChI=1S/C18H12N2O3S2/c21-16(22)9-11(17-20-13-4-1-2-6-15(13)25-17)8-12-10-19-18(24-12)14-5-3-7-23-14/h1-8,10H,9H2,(H,21,22)/b11-8-. The molecule has 5 nitrogen and oxygen atoms in total. The Morgan fingerprint density at radius 2 is 2.08 bits per heavy atom. The SMILES string of the molecule is O=C(O)C/C(=C/c1cnc(-c2ccco2)s1)c1nc2ccccc2s1. The van der Waals surface area contributed by atoms with Crippen molar-refractivity contribution in [1.82, 2.24) is 9.97 Å². The number of rotatable bonds is 5. The number of aromatic nitrogens is 2. The lowest BCUT2D eigenvalue weighted by atomic mass is 10.2. The first kappa shape index (κ1) is 15.7. The van der Waals surface area contributed by atoms with Gasteiger partial charge in [-0.3, -0.25) is 4.79 Å². The van der Waals surface area contributed by atoms with Crippen LogP contribution in [0.2, 0.25) is 0 Å². The lowest BCUT2D eigenvalue weighted by Crippen LogP contribution is -1.96. The number of hydrogen-bond acceptors (Lipinski definition) is 6. The van der Waals surface area contributed by atoms with Crippen molar-refractivity contribution in [2.75, 3.05) is 0 Å². The normalized spacial score (nSPS) is 11.9. The fraction of sp³-hybridized carbons (Fsp3) is 0.0556. The van der Waals surface area contributed by atoms with Gasteiger partial charge in [0.25, 0.3) is 0 Å². The van der Waals surface area contributed by atoms with Crippen LogP contribution in [0.3, 0.4) is 0 Å². The van der Waals surface area contributed by atoms with Crippen molar-refractivity contribution in [3.8, 4) is 10.8 Å². The van der Waals surface area contributed by atoms with Crippen LogP contribution in [-0.2, 0) is 4.79 Å². The van der Waals surface area contributed by atoms with Gasteiger partial charge in [0.1, 0.15) is 5.01 Å². The highest BCUT2D eigenvalue weighted by Crippen LogP contribution is 2.32. The topological polar surface area (TPSA) is 76.2 Å². The Morgan fingerprint density at radius 3 is 2.84 bits per heavy atom. The summed E-state index contributed by atoms with van der Waals surface area (Å²) in [7, 11) is 0. The summed E-state index contributed by atoms with van der Waals surface area (Å²) >= 11 is 2.94. The first-order valence-corrected chi connectivity index (χ1v) is 9.10. The van der Waals surface area contributed by atoms with E-state index >= 15 is 0 Å². The molecule has 0 atom stereocenters. The van der Waals surface area contributed by atoms with Gasteiger partial charge in [-0.2, -0.15) is 0 Å². The molecule has 0 saturated heterocycles. The second kappa shape index (κ2) is 6.62. The van der Waals surface area contributed by atoms with E-state index in [4.69, 9.17) is 4.42 Å². The van der Waals surface area contributed by atoms with E-state index in [2.05, 4.69) is 9.97 Å². The molecule has 0 unspecified atom stereocenters. The molecular weight excluding hydrogens is 356 g/mol. The van der Waals surface area contributed by atoms with Gasteiger partial charge in [0.05, 0.1) is 22.9 Å². The van der Waals surface area contributed by atoms with Crippen molar-refractivity contribution >= 4 is 50.5 Å². The average molecular weight is 368 g/mol. The number of carboxylic acids is 1. The minimum absolute atomic E-state index is 0.0895. The van der Waals surface area contributed by atoms with Gasteiger partial charge in [0, 0.05) is 16.6 Å². The zero-order chi connectivity index (χ0) is 17.2. The molecule has 3 heterocycles. The monoisotopic (exact) mass is 368 g/mol. The van der Waals surface area contributed by atoms with Gasteiger partial charge in [-0.05, 0) is 30.3 Å². The minimum atomic E-state index is -0.888. The number of para-hydroxylation sites is 1. The highest BCUT2D eigenvalue weighted by Gasteiger charge is 2.14. The maximum Gasteiger partial charge on any atom is 0.307 e. The molecule has 0 aliphatic heterocycles. The van der Waals surface area contributed by atoms with E-state index < -0.39 is 5.97 Å². The summed E-state index contributed by atoms with van der Waals surface area (Å²) in [5.41, 5.74) is 1.54. The zero-order valence-corrected chi connectivity index (χ0v) is 14.5. The second-order valence-electron chi connectivity index (χ2n) is 5.27. The van der Waals surface area contributed by atoms with Crippen LogP contribution in [0, 0.1) is 0 Å². The first-order valence-electron chi connectivity index (χ1n) is 7.47. The van der Waals surface area contributed by atoms with Crippen LogP contribution in [0.5, 0.6) is 0 Å². The van der Waals surface area contributed by atoms with Crippen molar-refractivity contribution in [3.63, 3.8) is 0 Å². The third-order valence-corrected chi connectivity index (χ3v) is 5.55. The summed E-state index contributed by atoms with van der Waals surface area (Å²) in [6.45, 7) is 0. The Balaban J connectivity index is 1.73. The number of carbonyl (C=O) groups is 1. The highest BCUT2D eigenvalue weighted by molar-refractivity contribution is 7.19. The van der Waals surface area contributed by atoms with E-state index in [1.807, 2.05) is 42.5 Å². The molecular formula is C18H12N2O3S2. The quantitative estimate of drug-likeness (QED) is 0.535. The zero-order valence-electron chi connectivity index (χ0n) is 12.9. The molecule has 0 fully saturated rings. The summed E-state index contributed by atoms with van der Waals surface area (Å²) in [6, 6.07) is 11.4. The number of thiazole rings is 2. The third-order valence-electron chi connectivity index (χ3n) is 3.48. The van der Waals surface area contributed by atoms with Gasteiger partial charge in [0.15, 0.2) is 10.8 Å². The fourth-order valence-electron chi connectivity index (χ4n) is 2.40. The van der Waals surface area contributed by atoms with Crippen molar-refractivity contribution in [1.29, 1.82) is 0 Å². The molecule has 0 aliphatic carbocycles. The summed E-state index contributed by atoms with van der Waals surface area (Å²) < 4.78 is 6.39. The maximum atomic E-state index is 11.3. The van der Waals surface area contributed by atoms with Crippen molar-refractivity contribution < 1.29 is 14.3 Å². The van der Waals surface area contributed by atoms with E-state index in [-0.39, 0.29) is 6.42 Å². The number of furan rings is 1. The van der Waals surface area contributed by atoms with Gasteiger partial charge < -0.3 is 9.52 Å². The molecule has 1 aromatic carbocycles.